The van der Waals surface area contributed by atoms with E-state index < -0.39 is 6.04 Å². The average Bonchev–Trinajstić information content (AvgIpc) is 2.65. The average molecular weight is 431 g/mol. The minimum Gasteiger partial charge on any atom is -0.352 e. The van der Waals surface area contributed by atoms with Gasteiger partial charge in [0, 0.05) is 29.9 Å². The maximum absolute atomic E-state index is 13.0. The highest BCUT2D eigenvalue weighted by Gasteiger charge is 2.29. The largest absolute Gasteiger partial charge is 0.352 e. The van der Waals surface area contributed by atoms with Crippen LogP contribution in [0.2, 0.25) is 0 Å². The lowest BCUT2D eigenvalue weighted by molar-refractivity contribution is -0.141. The maximum Gasteiger partial charge on any atom is 0.243 e. The topological polar surface area (TPSA) is 49.4 Å². The second-order valence-corrected chi connectivity index (χ2v) is 7.79. The molecule has 1 N–H and O–H groups in total. The van der Waals surface area contributed by atoms with Gasteiger partial charge in [0.1, 0.15) is 6.04 Å². The fourth-order valence-corrected chi connectivity index (χ4v) is 3.19. The van der Waals surface area contributed by atoms with Crippen molar-refractivity contribution in [2.75, 3.05) is 0 Å². The molecule has 5 heteroatoms. The van der Waals surface area contributed by atoms with Crippen molar-refractivity contribution in [3.8, 4) is 0 Å². The second kappa shape index (κ2) is 10.3. The quantitative estimate of drug-likeness (QED) is 0.677. The molecule has 2 amide bonds. The molecule has 0 saturated heterocycles. The molecule has 0 aliphatic rings. The molecule has 0 saturated carbocycles. The van der Waals surface area contributed by atoms with Gasteiger partial charge in [-0.25, -0.2) is 0 Å². The summed E-state index contributed by atoms with van der Waals surface area (Å²) in [5, 5.41) is 2.98. The van der Waals surface area contributed by atoms with Crippen LogP contribution in [0.1, 0.15) is 38.3 Å². The number of carbonyl (C=O) groups excluding carboxylic acids is 2. The number of hydrogen-bond acceptors (Lipinski definition) is 2. The number of carbonyl (C=O) groups is 2. The van der Waals surface area contributed by atoms with Crippen molar-refractivity contribution in [1.29, 1.82) is 0 Å². The van der Waals surface area contributed by atoms with Crippen LogP contribution in [0.3, 0.4) is 0 Å². The third-order valence-electron chi connectivity index (χ3n) is 4.27. The molecule has 0 bridgehead atoms. The molecule has 0 aromatic heterocycles. The van der Waals surface area contributed by atoms with Gasteiger partial charge in [-0.15, -0.1) is 0 Å². The third-order valence-corrected chi connectivity index (χ3v) is 4.80. The molecule has 2 rings (SSSR count). The Morgan fingerprint density at radius 3 is 2.19 bits per heavy atom. The first-order valence-corrected chi connectivity index (χ1v) is 10.1. The summed E-state index contributed by atoms with van der Waals surface area (Å²) in [7, 11) is 0. The molecule has 0 aliphatic heterocycles. The van der Waals surface area contributed by atoms with Crippen LogP contribution in [-0.2, 0) is 22.6 Å². The molecule has 0 fully saturated rings. The summed E-state index contributed by atoms with van der Waals surface area (Å²) in [6.07, 6.45) is 0.846. The fourth-order valence-electron chi connectivity index (χ4n) is 2.92. The van der Waals surface area contributed by atoms with Gasteiger partial charge in [-0.3, -0.25) is 9.59 Å². The minimum absolute atomic E-state index is 0.0158. The number of rotatable bonds is 8. The first-order valence-electron chi connectivity index (χ1n) is 9.29. The number of nitrogens with zero attached hydrogens (tertiary/aromatic N) is 1. The van der Waals surface area contributed by atoms with Gasteiger partial charge in [0.15, 0.2) is 0 Å². The third kappa shape index (κ3) is 6.51. The Morgan fingerprint density at radius 2 is 1.63 bits per heavy atom. The van der Waals surface area contributed by atoms with E-state index in [1.165, 1.54) is 0 Å². The number of amides is 2. The van der Waals surface area contributed by atoms with Crippen LogP contribution in [0.25, 0.3) is 0 Å². The molecule has 4 nitrogen and oxygen atoms in total. The molecule has 1 unspecified atom stereocenters. The summed E-state index contributed by atoms with van der Waals surface area (Å²) in [6, 6.07) is 17.1. The van der Waals surface area contributed by atoms with Gasteiger partial charge in [-0.05, 0) is 37.1 Å². The van der Waals surface area contributed by atoms with E-state index in [1.807, 2.05) is 75.4 Å². The Balaban J connectivity index is 2.33. The van der Waals surface area contributed by atoms with Crippen molar-refractivity contribution in [2.45, 2.75) is 52.2 Å². The van der Waals surface area contributed by atoms with E-state index in [2.05, 4.69) is 21.2 Å². The number of nitrogens with one attached hydrogen (secondary N) is 1. The summed E-state index contributed by atoms with van der Waals surface area (Å²) in [4.78, 5) is 27.4. The predicted octanol–water partition coefficient (Wildman–Crippen LogP) is 4.32. The van der Waals surface area contributed by atoms with Gasteiger partial charge in [0.05, 0.1) is 0 Å². The normalized spacial score (nSPS) is 11.9. The summed E-state index contributed by atoms with van der Waals surface area (Å²) in [5.41, 5.74) is 2.03. The van der Waals surface area contributed by atoms with E-state index in [4.69, 9.17) is 0 Å². The van der Waals surface area contributed by atoms with E-state index in [1.54, 1.807) is 4.90 Å². The monoisotopic (exact) mass is 430 g/mol. The molecule has 27 heavy (non-hydrogen) atoms. The molecule has 144 valence electrons. The summed E-state index contributed by atoms with van der Waals surface area (Å²) < 4.78 is 0.984. The van der Waals surface area contributed by atoms with E-state index in [-0.39, 0.29) is 17.9 Å². The maximum atomic E-state index is 13.0. The smallest absolute Gasteiger partial charge is 0.243 e. The van der Waals surface area contributed by atoms with Crippen LogP contribution in [0.4, 0.5) is 0 Å². The Kier molecular flexibility index (Phi) is 8.04. The van der Waals surface area contributed by atoms with Gasteiger partial charge < -0.3 is 10.2 Å². The number of hydrogen-bond donors (Lipinski definition) is 1. The Morgan fingerprint density at radius 1 is 1.00 bits per heavy atom. The standard InChI is InChI=1S/C22H27BrN2O2/c1-4-21(26)25(15-18-10-12-19(23)13-11-18)20(22(27)24-16(2)3)14-17-8-6-5-7-9-17/h5-13,16,20H,4,14-15H2,1-3H3,(H,24,27). The number of benzene rings is 2. The zero-order chi connectivity index (χ0) is 19.8. The Hall–Kier alpha value is -2.14. The fraction of sp³-hybridized carbons (Fsp3) is 0.364. The molecular formula is C22H27BrN2O2. The predicted molar refractivity (Wildman–Crippen MR) is 112 cm³/mol. The van der Waals surface area contributed by atoms with Gasteiger partial charge in [0.2, 0.25) is 11.8 Å². The van der Waals surface area contributed by atoms with Crippen LogP contribution >= 0.6 is 15.9 Å². The zero-order valence-corrected chi connectivity index (χ0v) is 17.7. The highest BCUT2D eigenvalue weighted by molar-refractivity contribution is 9.10. The van der Waals surface area contributed by atoms with Crippen molar-refractivity contribution in [1.82, 2.24) is 10.2 Å². The first-order chi connectivity index (χ1) is 12.9. The van der Waals surface area contributed by atoms with Crippen LogP contribution in [0.5, 0.6) is 0 Å². The van der Waals surface area contributed by atoms with E-state index in [0.717, 1.165) is 15.6 Å². The molecule has 0 heterocycles. The van der Waals surface area contributed by atoms with E-state index in [9.17, 15) is 9.59 Å². The first kappa shape index (κ1) is 21.2. The highest BCUT2D eigenvalue weighted by Crippen LogP contribution is 2.17. The van der Waals surface area contributed by atoms with Crippen LogP contribution in [0.15, 0.2) is 59.1 Å². The van der Waals surface area contributed by atoms with Crippen molar-refractivity contribution in [3.63, 3.8) is 0 Å². The number of halogens is 1. The lowest BCUT2D eigenvalue weighted by Crippen LogP contribution is -2.51. The molecule has 0 spiro atoms. The Labute approximate surface area is 170 Å². The van der Waals surface area contributed by atoms with Crippen LogP contribution in [-0.4, -0.2) is 28.8 Å². The Bertz CT molecular complexity index is 745. The van der Waals surface area contributed by atoms with Crippen molar-refractivity contribution < 1.29 is 9.59 Å². The van der Waals surface area contributed by atoms with Gasteiger partial charge in [-0.1, -0.05) is 65.3 Å². The molecular weight excluding hydrogens is 404 g/mol. The zero-order valence-electron chi connectivity index (χ0n) is 16.1. The van der Waals surface area contributed by atoms with Crippen molar-refractivity contribution >= 4 is 27.7 Å². The summed E-state index contributed by atoms with van der Waals surface area (Å²) in [5.74, 6) is -0.148. The summed E-state index contributed by atoms with van der Waals surface area (Å²) >= 11 is 3.43. The molecule has 1 atom stereocenters. The molecule has 2 aromatic rings. The van der Waals surface area contributed by atoms with Gasteiger partial charge >= 0.3 is 0 Å². The van der Waals surface area contributed by atoms with Crippen molar-refractivity contribution in [3.05, 3.63) is 70.2 Å². The van der Waals surface area contributed by atoms with E-state index in [0.29, 0.717) is 19.4 Å². The van der Waals surface area contributed by atoms with Gasteiger partial charge in [0.25, 0.3) is 0 Å². The SMILES string of the molecule is CCC(=O)N(Cc1ccc(Br)cc1)C(Cc1ccccc1)C(=O)NC(C)C. The lowest BCUT2D eigenvalue weighted by atomic mass is 10.0. The van der Waals surface area contributed by atoms with E-state index >= 15 is 0 Å². The van der Waals surface area contributed by atoms with Crippen molar-refractivity contribution in [2.24, 2.45) is 0 Å². The van der Waals surface area contributed by atoms with Crippen LogP contribution < -0.4 is 5.32 Å². The highest BCUT2D eigenvalue weighted by atomic mass is 79.9. The molecule has 0 radical (unpaired) electrons. The minimum atomic E-state index is -0.550. The van der Waals surface area contributed by atoms with Crippen LogP contribution in [0, 0.1) is 0 Å². The summed E-state index contributed by atoms with van der Waals surface area (Å²) in [6.45, 7) is 6.09. The van der Waals surface area contributed by atoms with Gasteiger partial charge in [-0.2, -0.15) is 0 Å². The molecule has 2 aromatic carbocycles. The second-order valence-electron chi connectivity index (χ2n) is 6.87. The molecule has 0 aliphatic carbocycles. The lowest BCUT2D eigenvalue weighted by Gasteiger charge is -2.32.